The Labute approximate surface area is 199 Å². The number of benzene rings is 1. The molecule has 184 valence electrons. The maximum absolute atomic E-state index is 13.4. The van der Waals surface area contributed by atoms with E-state index in [-0.39, 0.29) is 5.75 Å². The highest BCUT2D eigenvalue weighted by Gasteiger charge is 2.32. The molecule has 4 rings (SSSR count). The van der Waals surface area contributed by atoms with Gasteiger partial charge in [-0.25, -0.2) is 4.79 Å². The summed E-state index contributed by atoms with van der Waals surface area (Å²) in [5.41, 5.74) is 4.15. The summed E-state index contributed by atoms with van der Waals surface area (Å²) < 4.78 is 28.4. The zero-order chi connectivity index (χ0) is 23.3. The van der Waals surface area contributed by atoms with E-state index < -0.39 is 16.1 Å². The van der Waals surface area contributed by atoms with Crippen LogP contribution in [0.15, 0.2) is 12.1 Å². The van der Waals surface area contributed by atoms with E-state index in [1.807, 2.05) is 0 Å². The molecule has 1 aromatic carbocycles. The van der Waals surface area contributed by atoms with Crippen molar-refractivity contribution in [3.63, 3.8) is 0 Å². The van der Waals surface area contributed by atoms with Crippen LogP contribution in [0.2, 0.25) is 0 Å². The van der Waals surface area contributed by atoms with Crippen molar-refractivity contribution in [3.8, 4) is 0 Å². The van der Waals surface area contributed by atoms with Crippen molar-refractivity contribution in [1.82, 2.24) is 0 Å². The van der Waals surface area contributed by atoms with Crippen LogP contribution < -0.4 is 0 Å². The Morgan fingerprint density at radius 1 is 0.758 bits per heavy atom. The summed E-state index contributed by atoms with van der Waals surface area (Å²) in [5, 5.41) is 0. The number of hydrogen-bond donors (Lipinski definition) is 0. The first kappa shape index (κ1) is 24.7. The smallest absolute Gasteiger partial charge is 0.276 e. The molecule has 0 amide bonds. The molecular formula is C27H40O5S. The fourth-order valence-electron chi connectivity index (χ4n) is 6.26. The molecule has 0 spiro atoms. The second kappa shape index (κ2) is 11.4. The van der Waals surface area contributed by atoms with Gasteiger partial charge in [0.2, 0.25) is 0 Å². The van der Waals surface area contributed by atoms with Crippen LogP contribution in [0.4, 0.5) is 0 Å². The van der Waals surface area contributed by atoms with E-state index in [4.69, 9.17) is 4.89 Å². The van der Waals surface area contributed by atoms with Crippen LogP contribution in [0.3, 0.4) is 0 Å². The second-order valence-corrected chi connectivity index (χ2v) is 12.2. The minimum Gasteiger partial charge on any atom is -0.276 e. The van der Waals surface area contributed by atoms with E-state index in [1.165, 1.54) is 83.1 Å². The maximum Gasteiger partial charge on any atom is 0.375 e. The third kappa shape index (κ3) is 6.19. The quantitative estimate of drug-likeness (QED) is 0.306. The Kier molecular flexibility index (Phi) is 8.50. The number of hydrogen-bond acceptors (Lipinski definition) is 5. The Bertz CT molecular complexity index is 865. The third-order valence-corrected chi connectivity index (χ3v) is 9.14. The lowest BCUT2D eigenvalue weighted by atomic mass is 9.73. The van der Waals surface area contributed by atoms with Crippen molar-refractivity contribution in [2.75, 3.05) is 5.75 Å². The second-order valence-electron chi connectivity index (χ2n) is 10.4. The molecule has 0 saturated heterocycles. The molecule has 3 aliphatic rings. The molecule has 1 aromatic rings. The standard InChI is InChI=1S/C27H40O5S/c1-2-33(29,30)32-31-27(28)26-24(21-14-8-4-9-15-21)18-23(20-12-6-3-7-13-20)19-25(26)22-16-10-5-11-17-22/h18-22H,2-17H2,1H3. The first-order valence-electron chi connectivity index (χ1n) is 13.3. The first-order chi connectivity index (χ1) is 16.0. The van der Waals surface area contributed by atoms with E-state index in [2.05, 4.69) is 16.5 Å². The molecule has 3 saturated carbocycles. The lowest BCUT2D eigenvalue weighted by Crippen LogP contribution is -2.21. The Morgan fingerprint density at radius 3 is 1.61 bits per heavy atom. The van der Waals surface area contributed by atoms with Gasteiger partial charge in [0.25, 0.3) is 0 Å². The fraction of sp³-hybridized carbons (Fsp3) is 0.741. The molecule has 33 heavy (non-hydrogen) atoms. The van der Waals surface area contributed by atoms with Crippen molar-refractivity contribution in [2.24, 2.45) is 0 Å². The monoisotopic (exact) mass is 476 g/mol. The molecule has 0 N–H and O–H groups in total. The molecule has 0 atom stereocenters. The highest BCUT2D eigenvalue weighted by molar-refractivity contribution is 7.86. The number of carbonyl (C=O) groups is 1. The van der Waals surface area contributed by atoms with E-state index in [0.717, 1.165) is 36.8 Å². The van der Waals surface area contributed by atoms with Gasteiger partial charge in [0.1, 0.15) is 0 Å². The van der Waals surface area contributed by atoms with E-state index >= 15 is 0 Å². The largest absolute Gasteiger partial charge is 0.375 e. The molecule has 5 nitrogen and oxygen atoms in total. The lowest BCUT2D eigenvalue weighted by molar-refractivity contribution is -0.144. The van der Waals surface area contributed by atoms with Gasteiger partial charge < -0.3 is 0 Å². The van der Waals surface area contributed by atoms with Gasteiger partial charge in [0.05, 0.1) is 11.3 Å². The zero-order valence-corrected chi connectivity index (χ0v) is 21.0. The van der Waals surface area contributed by atoms with Gasteiger partial charge in [-0.05, 0) is 79.9 Å². The minimum absolute atomic E-state index is 0.230. The molecule has 3 aliphatic carbocycles. The predicted molar refractivity (Wildman–Crippen MR) is 130 cm³/mol. The summed E-state index contributed by atoms with van der Waals surface area (Å²) in [4.78, 5) is 18.4. The van der Waals surface area contributed by atoms with Crippen LogP contribution in [-0.4, -0.2) is 20.1 Å². The molecular weight excluding hydrogens is 436 g/mol. The summed E-state index contributed by atoms with van der Waals surface area (Å²) in [6.07, 6.45) is 17.8. The number of carbonyl (C=O) groups excluding carboxylic acids is 1. The normalized spacial score (nSPS) is 21.7. The summed E-state index contributed by atoms with van der Waals surface area (Å²) in [7, 11) is -3.87. The maximum atomic E-state index is 13.4. The molecule has 0 aromatic heterocycles. The Hall–Kier alpha value is -1.40. The molecule has 0 radical (unpaired) electrons. The third-order valence-electron chi connectivity index (χ3n) is 8.16. The topological polar surface area (TPSA) is 69.7 Å². The van der Waals surface area contributed by atoms with Crippen molar-refractivity contribution >= 4 is 16.1 Å². The molecule has 0 aliphatic heterocycles. The highest BCUT2D eigenvalue weighted by Crippen LogP contribution is 2.44. The van der Waals surface area contributed by atoms with Crippen LogP contribution in [-0.2, 0) is 19.3 Å². The van der Waals surface area contributed by atoms with Crippen molar-refractivity contribution < 1.29 is 22.4 Å². The van der Waals surface area contributed by atoms with Gasteiger partial charge >= 0.3 is 16.1 Å². The van der Waals surface area contributed by atoms with Crippen LogP contribution in [0.25, 0.3) is 0 Å². The zero-order valence-electron chi connectivity index (χ0n) is 20.1. The van der Waals surface area contributed by atoms with Crippen LogP contribution in [0.5, 0.6) is 0 Å². The average Bonchev–Trinajstić information content (AvgIpc) is 2.88. The van der Waals surface area contributed by atoms with Gasteiger partial charge in [-0.3, -0.25) is 4.89 Å². The van der Waals surface area contributed by atoms with E-state index in [9.17, 15) is 13.2 Å². The first-order valence-corrected chi connectivity index (χ1v) is 14.9. The Balaban J connectivity index is 1.77. The van der Waals surface area contributed by atoms with Crippen molar-refractivity contribution in [2.45, 2.75) is 121 Å². The summed E-state index contributed by atoms with van der Waals surface area (Å²) in [6.45, 7) is 1.48. The highest BCUT2D eigenvalue weighted by atomic mass is 32.2. The van der Waals surface area contributed by atoms with E-state index in [1.54, 1.807) is 0 Å². The fourth-order valence-corrected chi connectivity index (χ4v) is 6.52. The molecule has 6 heteroatoms. The minimum atomic E-state index is -3.87. The number of rotatable bonds is 7. The van der Waals surface area contributed by atoms with Gasteiger partial charge in [-0.2, -0.15) is 8.42 Å². The van der Waals surface area contributed by atoms with Gasteiger partial charge in [0, 0.05) is 0 Å². The molecule has 0 heterocycles. The van der Waals surface area contributed by atoms with Crippen LogP contribution >= 0.6 is 0 Å². The summed E-state index contributed by atoms with van der Waals surface area (Å²) >= 11 is 0. The molecule has 0 bridgehead atoms. The Morgan fingerprint density at radius 2 is 1.18 bits per heavy atom. The van der Waals surface area contributed by atoms with Crippen molar-refractivity contribution in [3.05, 3.63) is 34.4 Å². The molecule has 0 unspecified atom stereocenters. The summed E-state index contributed by atoms with van der Waals surface area (Å²) in [6, 6.07) is 4.56. The predicted octanol–water partition coefficient (Wildman–Crippen LogP) is 7.27. The van der Waals surface area contributed by atoms with Gasteiger partial charge in [-0.15, -0.1) is 0 Å². The molecule has 3 fully saturated rings. The summed E-state index contributed by atoms with van der Waals surface area (Å²) in [5.74, 6) is 0.352. The van der Waals surface area contributed by atoms with Gasteiger partial charge in [-0.1, -0.05) is 74.3 Å². The van der Waals surface area contributed by atoms with Crippen LogP contribution in [0, 0.1) is 0 Å². The van der Waals surface area contributed by atoms with Crippen molar-refractivity contribution in [1.29, 1.82) is 0 Å². The average molecular weight is 477 g/mol. The van der Waals surface area contributed by atoms with Gasteiger partial charge in [0.15, 0.2) is 0 Å². The lowest BCUT2D eigenvalue weighted by Gasteiger charge is -2.31. The SMILES string of the molecule is CCS(=O)(=O)OOC(=O)c1c(C2CCCCC2)cc(C2CCCCC2)cc1C1CCCCC1. The van der Waals surface area contributed by atoms with Crippen LogP contribution in [0.1, 0.15) is 148 Å². The van der Waals surface area contributed by atoms with E-state index in [0.29, 0.717) is 23.3 Å².